The zero-order valence-corrected chi connectivity index (χ0v) is 13.4. The van der Waals surface area contributed by atoms with Crippen LogP contribution in [-0.4, -0.2) is 11.5 Å². The van der Waals surface area contributed by atoms with Crippen LogP contribution in [-0.2, 0) is 0 Å². The van der Waals surface area contributed by atoms with Gasteiger partial charge in [-0.25, -0.2) is 0 Å². The van der Waals surface area contributed by atoms with Crippen molar-refractivity contribution < 1.29 is 4.92 Å². The standard InChI is InChI=1S/C15H21BrN2O2/c1-11-9-13(16)14(10-15(11)18(19)20)17-8-7-12-5-3-2-4-6-12/h9-10,12,17H,2-8H2,1H3. The first-order valence-corrected chi connectivity index (χ1v) is 8.05. The predicted octanol–water partition coefficient (Wildman–Crippen LogP) is 5.05. The Morgan fingerprint density at radius 1 is 1.35 bits per heavy atom. The van der Waals surface area contributed by atoms with Gasteiger partial charge < -0.3 is 5.32 Å². The van der Waals surface area contributed by atoms with Crippen LogP contribution in [0.5, 0.6) is 0 Å². The summed E-state index contributed by atoms with van der Waals surface area (Å²) in [5.41, 5.74) is 1.67. The molecule has 0 saturated heterocycles. The van der Waals surface area contributed by atoms with Gasteiger partial charge in [0.05, 0.1) is 10.6 Å². The maximum atomic E-state index is 11.0. The van der Waals surface area contributed by atoms with Crippen molar-refractivity contribution >= 4 is 27.3 Å². The molecule has 1 aliphatic carbocycles. The molecule has 1 fully saturated rings. The van der Waals surface area contributed by atoms with Gasteiger partial charge in [-0.05, 0) is 41.3 Å². The smallest absolute Gasteiger partial charge is 0.274 e. The highest BCUT2D eigenvalue weighted by Gasteiger charge is 2.15. The molecule has 0 amide bonds. The van der Waals surface area contributed by atoms with Gasteiger partial charge in [-0.1, -0.05) is 32.1 Å². The Morgan fingerprint density at radius 3 is 2.70 bits per heavy atom. The molecule has 2 rings (SSSR count). The van der Waals surface area contributed by atoms with Crippen molar-refractivity contribution in [2.75, 3.05) is 11.9 Å². The number of halogens is 1. The lowest BCUT2D eigenvalue weighted by molar-refractivity contribution is -0.385. The number of hydrogen-bond donors (Lipinski definition) is 1. The molecule has 1 N–H and O–H groups in total. The van der Waals surface area contributed by atoms with E-state index in [0.29, 0.717) is 5.56 Å². The Bertz CT molecular complexity index is 485. The van der Waals surface area contributed by atoms with Crippen LogP contribution in [0.25, 0.3) is 0 Å². The molecule has 110 valence electrons. The molecule has 1 aromatic carbocycles. The lowest BCUT2D eigenvalue weighted by atomic mass is 9.87. The number of nitro groups is 1. The van der Waals surface area contributed by atoms with Crippen LogP contribution in [0, 0.1) is 23.0 Å². The van der Waals surface area contributed by atoms with E-state index in [1.165, 1.54) is 32.1 Å². The summed E-state index contributed by atoms with van der Waals surface area (Å²) in [4.78, 5) is 10.6. The Labute approximate surface area is 128 Å². The molecule has 0 heterocycles. The van der Waals surface area contributed by atoms with E-state index in [1.54, 1.807) is 19.1 Å². The highest BCUT2D eigenvalue weighted by atomic mass is 79.9. The molecule has 0 aromatic heterocycles. The third-order valence-electron chi connectivity index (χ3n) is 4.08. The molecule has 0 bridgehead atoms. The third-order valence-corrected chi connectivity index (χ3v) is 4.73. The fourth-order valence-corrected chi connectivity index (χ4v) is 3.48. The quantitative estimate of drug-likeness (QED) is 0.602. The average Bonchev–Trinajstić information content (AvgIpc) is 2.42. The minimum Gasteiger partial charge on any atom is -0.384 e. The lowest BCUT2D eigenvalue weighted by Crippen LogP contribution is -2.12. The number of anilines is 1. The highest BCUT2D eigenvalue weighted by molar-refractivity contribution is 9.10. The topological polar surface area (TPSA) is 55.2 Å². The first kappa shape index (κ1) is 15.3. The van der Waals surface area contributed by atoms with Gasteiger partial charge in [0.1, 0.15) is 0 Å². The van der Waals surface area contributed by atoms with E-state index in [4.69, 9.17) is 0 Å². The molecule has 0 radical (unpaired) electrons. The highest BCUT2D eigenvalue weighted by Crippen LogP contribution is 2.31. The zero-order valence-electron chi connectivity index (χ0n) is 11.8. The van der Waals surface area contributed by atoms with Gasteiger partial charge in [0.25, 0.3) is 5.69 Å². The number of nitrogens with one attached hydrogen (secondary N) is 1. The van der Waals surface area contributed by atoms with Gasteiger partial charge in [-0.2, -0.15) is 0 Å². The van der Waals surface area contributed by atoms with Gasteiger partial charge in [0, 0.05) is 22.6 Å². The van der Waals surface area contributed by atoms with E-state index in [0.717, 1.165) is 29.0 Å². The second-order valence-corrected chi connectivity index (χ2v) is 6.45. The number of rotatable bonds is 5. The van der Waals surface area contributed by atoms with Crippen LogP contribution in [0.2, 0.25) is 0 Å². The number of benzene rings is 1. The van der Waals surface area contributed by atoms with Crippen LogP contribution in [0.1, 0.15) is 44.1 Å². The van der Waals surface area contributed by atoms with E-state index in [1.807, 2.05) is 0 Å². The fraction of sp³-hybridized carbons (Fsp3) is 0.600. The Balaban J connectivity index is 1.94. The van der Waals surface area contributed by atoms with Crippen molar-refractivity contribution in [1.82, 2.24) is 0 Å². The molecule has 4 nitrogen and oxygen atoms in total. The van der Waals surface area contributed by atoms with Crippen LogP contribution >= 0.6 is 15.9 Å². The minimum absolute atomic E-state index is 0.174. The number of nitrogens with zero attached hydrogens (tertiary/aromatic N) is 1. The lowest BCUT2D eigenvalue weighted by Gasteiger charge is -2.21. The molecule has 1 aromatic rings. The van der Waals surface area contributed by atoms with Crippen molar-refractivity contribution in [3.63, 3.8) is 0 Å². The summed E-state index contributed by atoms with van der Waals surface area (Å²) in [6, 6.07) is 3.43. The first-order valence-electron chi connectivity index (χ1n) is 7.26. The van der Waals surface area contributed by atoms with Crippen molar-refractivity contribution in [3.05, 3.63) is 32.3 Å². The molecular weight excluding hydrogens is 320 g/mol. The second-order valence-electron chi connectivity index (χ2n) is 5.60. The monoisotopic (exact) mass is 340 g/mol. The molecule has 1 saturated carbocycles. The summed E-state index contributed by atoms with van der Waals surface area (Å²) in [5.74, 6) is 0.815. The van der Waals surface area contributed by atoms with E-state index in [-0.39, 0.29) is 10.6 Å². The Morgan fingerprint density at radius 2 is 2.05 bits per heavy atom. The third kappa shape index (κ3) is 3.95. The molecule has 20 heavy (non-hydrogen) atoms. The van der Waals surface area contributed by atoms with Crippen LogP contribution in [0.3, 0.4) is 0 Å². The van der Waals surface area contributed by atoms with Gasteiger partial charge in [0.2, 0.25) is 0 Å². The van der Waals surface area contributed by atoms with E-state index < -0.39 is 0 Å². The Kier molecular flexibility index (Phi) is 5.40. The van der Waals surface area contributed by atoms with Crippen molar-refractivity contribution in [2.45, 2.75) is 45.4 Å². The summed E-state index contributed by atoms with van der Waals surface area (Å²) in [6.07, 6.45) is 7.89. The van der Waals surface area contributed by atoms with Gasteiger partial charge in [0.15, 0.2) is 0 Å². The van der Waals surface area contributed by atoms with E-state index >= 15 is 0 Å². The van der Waals surface area contributed by atoms with Crippen molar-refractivity contribution in [2.24, 2.45) is 5.92 Å². The Hall–Kier alpha value is -1.10. The normalized spacial score (nSPS) is 16.1. The molecule has 0 unspecified atom stereocenters. The largest absolute Gasteiger partial charge is 0.384 e. The summed E-state index contributed by atoms with van der Waals surface area (Å²) >= 11 is 3.47. The van der Waals surface area contributed by atoms with E-state index in [2.05, 4.69) is 21.2 Å². The average molecular weight is 341 g/mol. The number of nitro benzene ring substituents is 1. The van der Waals surface area contributed by atoms with Crippen molar-refractivity contribution in [1.29, 1.82) is 0 Å². The molecule has 0 aliphatic heterocycles. The first-order chi connectivity index (χ1) is 9.58. The molecule has 5 heteroatoms. The molecule has 0 spiro atoms. The SMILES string of the molecule is Cc1cc(Br)c(NCCC2CCCCC2)cc1[N+](=O)[O-]. The summed E-state index contributed by atoms with van der Waals surface area (Å²) in [7, 11) is 0. The fourth-order valence-electron chi connectivity index (χ4n) is 2.88. The van der Waals surface area contributed by atoms with Crippen molar-refractivity contribution in [3.8, 4) is 0 Å². The molecule has 1 aliphatic rings. The minimum atomic E-state index is -0.325. The second kappa shape index (κ2) is 7.07. The summed E-state index contributed by atoms with van der Waals surface area (Å²) < 4.78 is 0.893. The predicted molar refractivity (Wildman–Crippen MR) is 85.2 cm³/mol. The summed E-state index contributed by atoms with van der Waals surface area (Å²) in [6.45, 7) is 2.64. The maximum Gasteiger partial charge on any atom is 0.274 e. The number of aryl methyl sites for hydroxylation is 1. The zero-order chi connectivity index (χ0) is 14.5. The van der Waals surface area contributed by atoms with Gasteiger partial charge in [-0.3, -0.25) is 10.1 Å². The molecular formula is C15H21BrN2O2. The van der Waals surface area contributed by atoms with Gasteiger partial charge >= 0.3 is 0 Å². The van der Waals surface area contributed by atoms with Crippen LogP contribution in [0.4, 0.5) is 11.4 Å². The molecule has 0 atom stereocenters. The van der Waals surface area contributed by atoms with Crippen LogP contribution in [0.15, 0.2) is 16.6 Å². The number of hydrogen-bond acceptors (Lipinski definition) is 3. The maximum absolute atomic E-state index is 11.0. The van der Waals surface area contributed by atoms with Gasteiger partial charge in [-0.15, -0.1) is 0 Å². The summed E-state index contributed by atoms with van der Waals surface area (Å²) in [5, 5.41) is 14.3. The van der Waals surface area contributed by atoms with Crippen LogP contribution < -0.4 is 5.32 Å². The van der Waals surface area contributed by atoms with E-state index in [9.17, 15) is 10.1 Å².